The maximum atomic E-state index is 11.2. The molecule has 0 saturated heterocycles. The standard InChI is InChI=1S/C14H15ClN2O2/c1-8(2)13-10(14(18)19)7-17(16-13)12-6-4-5-11(15)9(12)3/h4-8H,1-3H3,(H,18,19). The van der Waals surface area contributed by atoms with Crippen LogP contribution in [0.3, 0.4) is 0 Å². The molecular weight excluding hydrogens is 264 g/mol. The van der Waals surface area contributed by atoms with Crippen LogP contribution in [-0.2, 0) is 0 Å². The van der Waals surface area contributed by atoms with Gasteiger partial charge in [0.2, 0.25) is 0 Å². The lowest BCUT2D eigenvalue weighted by Crippen LogP contribution is -2.01. The van der Waals surface area contributed by atoms with Gasteiger partial charge in [-0.15, -0.1) is 0 Å². The molecule has 0 aliphatic rings. The van der Waals surface area contributed by atoms with Gasteiger partial charge < -0.3 is 5.11 Å². The fraction of sp³-hybridized carbons (Fsp3) is 0.286. The van der Waals surface area contributed by atoms with Crippen molar-refractivity contribution in [3.63, 3.8) is 0 Å². The van der Waals surface area contributed by atoms with Gasteiger partial charge in [-0.05, 0) is 30.5 Å². The van der Waals surface area contributed by atoms with Crippen LogP contribution in [0.15, 0.2) is 24.4 Å². The summed E-state index contributed by atoms with van der Waals surface area (Å²) in [5, 5.41) is 14.2. The highest BCUT2D eigenvalue weighted by Crippen LogP contribution is 2.24. The van der Waals surface area contributed by atoms with Crippen LogP contribution in [0, 0.1) is 6.92 Å². The van der Waals surface area contributed by atoms with E-state index >= 15 is 0 Å². The summed E-state index contributed by atoms with van der Waals surface area (Å²) < 4.78 is 1.58. The summed E-state index contributed by atoms with van der Waals surface area (Å²) >= 11 is 6.08. The number of hydrogen-bond donors (Lipinski definition) is 1. The van der Waals surface area contributed by atoms with Crippen LogP contribution < -0.4 is 0 Å². The van der Waals surface area contributed by atoms with Gasteiger partial charge in [0, 0.05) is 11.2 Å². The van der Waals surface area contributed by atoms with E-state index in [4.69, 9.17) is 11.6 Å². The lowest BCUT2D eigenvalue weighted by atomic mass is 10.1. The van der Waals surface area contributed by atoms with Gasteiger partial charge in [0.1, 0.15) is 5.56 Å². The van der Waals surface area contributed by atoms with Crippen LogP contribution in [-0.4, -0.2) is 20.9 Å². The van der Waals surface area contributed by atoms with Crippen LogP contribution >= 0.6 is 11.6 Å². The van der Waals surface area contributed by atoms with Crippen LogP contribution in [0.5, 0.6) is 0 Å². The smallest absolute Gasteiger partial charge is 0.339 e. The molecule has 0 aliphatic heterocycles. The number of aromatic carboxylic acids is 1. The van der Waals surface area contributed by atoms with E-state index in [2.05, 4.69) is 5.10 Å². The number of halogens is 1. The van der Waals surface area contributed by atoms with Crippen molar-refractivity contribution in [3.8, 4) is 5.69 Å². The summed E-state index contributed by atoms with van der Waals surface area (Å²) in [4.78, 5) is 11.2. The molecule has 2 rings (SSSR count). The molecule has 1 aromatic carbocycles. The van der Waals surface area contributed by atoms with Gasteiger partial charge in [0.05, 0.1) is 11.4 Å². The van der Waals surface area contributed by atoms with Gasteiger partial charge in [-0.3, -0.25) is 0 Å². The Morgan fingerprint density at radius 3 is 2.63 bits per heavy atom. The minimum absolute atomic E-state index is 0.0480. The highest BCUT2D eigenvalue weighted by atomic mass is 35.5. The molecule has 0 amide bonds. The predicted molar refractivity (Wildman–Crippen MR) is 74.4 cm³/mol. The van der Waals surface area contributed by atoms with Crippen molar-refractivity contribution < 1.29 is 9.90 Å². The molecule has 0 unspecified atom stereocenters. The first-order chi connectivity index (χ1) is 8.91. The molecule has 0 radical (unpaired) electrons. The Labute approximate surface area is 116 Å². The van der Waals surface area contributed by atoms with E-state index in [1.807, 2.05) is 32.9 Å². The quantitative estimate of drug-likeness (QED) is 0.932. The second kappa shape index (κ2) is 5.05. The van der Waals surface area contributed by atoms with Crippen molar-refractivity contribution in [3.05, 3.63) is 46.2 Å². The van der Waals surface area contributed by atoms with E-state index in [1.165, 1.54) is 6.20 Å². The summed E-state index contributed by atoms with van der Waals surface area (Å²) in [6.45, 7) is 5.72. The monoisotopic (exact) mass is 278 g/mol. The van der Waals surface area contributed by atoms with E-state index in [-0.39, 0.29) is 11.5 Å². The number of hydrogen-bond acceptors (Lipinski definition) is 2. The molecule has 1 aromatic heterocycles. The van der Waals surface area contributed by atoms with Crippen molar-refractivity contribution in [1.29, 1.82) is 0 Å². The SMILES string of the molecule is Cc1c(Cl)cccc1-n1cc(C(=O)O)c(C(C)C)n1. The van der Waals surface area contributed by atoms with Crippen molar-refractivity contribution in [2.45, 2.75) is 26.7 Å². The summed E-state index contributed by atoms with van der Waals surface area (Å²) in [6, 6.07) is 5.48. The molecule has 0 atom stereocenters. The Morgan fingerprint density at radius 1 is 1.42 bits per heavy atom. The first kappa shape index (κ1) is 13.6. The summed E-state index contributed by atoms with van der Waals surface area (Å²) in [6.07, 6.45) is 1.54. The fourth-order valence-electron chi connectivity index (χ4n) is 1.95. The van der Waals surface area contributed by atoms with E-state index in [9.17, 15) is 9.90 Å². The molecule has 19 heavy (non-hydrogen) atoms. The van der Waals surface area contributed by atoms with Crippen molar-refractivity contribution in [2.75, 3.05) is 0 Å². The Bertz CT molecular complexity index is 632. The number of carbonyl (C=O) groups is 1. The summed E-state index contributed by atoms with van der Waals surface area (Å²) in [5.74, 6) is -0.915. The topological polar surface area (TPSA) is 55.1 Å². The molecule has 0 bridgehead atoms. The molecule has 2 aromatic rings. The molecule has 4 nitrogen and oxygen atoms in total. The van der Waals surface area contributed by atoms with Crippen LogP contribution in [0.1, 0.15) is 41.4 Å². The first-order valence-electron chi connectivity index (χ1n) is 6.00. The van der Waals surface area contributed by atoms with E-state index in [0.29, 0.717) is 10.7 Å². The van der Waals surface area contributed by atoms with E-state index < -0.39 is 5.97 Å². The number of carboxylic acid groups (broad SMARTS) is 1. The molecule has 0 fully saturated rings. The van der Waals surface area contributed by atoms with Gasteiger partial charge in [-0.1, -0.05) is 31.5 Å². The van der Waals surface area contributed by atoms with E-state index in [0.717, 1.165) is 11.3 Å². The number of nitrogens with zero attached hydrogens (tertiary/aromatic N) is 2. The van der Waals surface area contributed by atoms with Gasteiger partial charge in [0.25, 0.3) is 0 Å². The summed E-state index contributed by atoms with van der Waals surface area (Å²) in [5.41, 5.74) is 2.47. The van der Waals surface area contributed by atoms with E-state index in [1.54, 1.807) is 10.7 Å². The molecule has 1 N–H and O–H groups in total. The molecule has 5 heteroatoms. The normalized spacial score (nSPS) is 11.0. The molecule has 100 valence electrons. The zero-order chi connectivity index (χ0) is 14.2. The van der Waals surface area contributed by atoms with Gasteiger partial charge in [0.15, 0.2) is 0 Å². The first-order valence-corrected chi connectivity index (χ1v) is 6.38. The number of carboxylic acids is 1. The Hall–Kier alpha value is -1.81. The van der Waals surface area contributed by atoms with Crippen molar-refractivity contribution in [2.24, 2.45) is 0 Å². The predicted octanol–water partition coefficient (Wildman–Crippen LogP) is 3.66. The Morgan fingerprint density at radius 2 is 2.11 bits per heavy atom. The number of rotatable bonds is 3. The lowest BCUT2D eigenvalue weighted by Gasteiger charge is -2.07. The average Bonchev–Trinajstić information content (AvgIpc) is 2.77. The van der Waals surface area contributed by atoms with Crippen LogP contribution in [0.4, 0.5) is 0 Å². The highest BCUT2D eigenvalue weighted by molar-refractivity contribution is 6.31. The van der Waals surface area contributed by atoms with Gasteiger partial charge in [-0.2, -0.15) is 5.10 Å². The fourth-order valence-corrected chi connectivity index (χ4v) is 2.12. The highest BCUT2D eigenvalue weighted by Gasteiger charge is 2.19. The average molecular weight is 279 g/mol. The third kappa shape index (κ3) is 2.49. The molecule has 0 spiro atoms. The molecule has 0 aliphatic carbocycles. The zero-order valence-corrected chi connectivity index (χ0v) is 11.8. The van der Waals surface area contributed by atoms with Crippen molar-refractivity contribution >= 4 is 17.6 Å². The largest absolute Gasteiger partial charge is 0.478 e. The van der Waals surface area contributed by atoms with Crippen LogP contribution in [0.25, 0.3) is 5.69 Å². The van der Waals surface area contributed by atoms with Crippen molar-refractivity contribution in [1.82, 2.24) is 9.78 Å². The maximum Gasteiger partial charge on any atom is 0.339 e. The summed E-state index contributed by atoms with van der Waals surface area (Å²) in [7, 11) is 0. The number of benzene rings is 1. The maximum absolute atomic E-state index is 11.2. The second-order valence-electron chi connectivity index (χ2n) is 4.72. The van der Waals surface area contributed by atoms with Gasteiger partial charge >= 0.3 is 5.97 Å². The Balaban J connectivity index is 2.61. The molecular formula is C14H15ClN2O2. The molecule has 0 saturated carbocycles. The number of aromatic nitrogens is 2. The van der Waals surface area contributed by atoms with Crippen LogP contribution in [0.2, 0.25) is 5.02 Å². The molecule has 1 heterocycles. The second-order valence-corrected chi connectivity index (χ2v) is 5.12. The van der Waals surface area contributed by atoms with Gasteiger partial charge in [-0.25, -0.2) is 9.48 Å². The minimum atomic E-state index is -0.963. The third-order valence-electron chi connectivity index (χ3n) is 3.01. The Kier molecular flexibility index (Phi) is 3.62. The lowest BCUT2D eigenvalue weighted by molar-refractivity contribution is 0.0695. The third-order valence-corrected chi connectivity index (χ3v) is 3.42. The zero-order valence-electron chi connectivity index (χ0n) is 11.0. The minimum Gasteiger partial charge on any atom is -0.478 e.